The molecule has 1 aromatic carbocycles. The molecule has 0 spiro atoms. The van der Waals surface area contributed by atoms with Crippen molar-refractivity contribution in [1.29, 1.82) is 0 Å². The maximum absolute atomic E-state index is 11.9. The molecule has 0 saturated heterocycles. The number of aliphatic hydroxyl groups is 1. The fraction of sp³-hybridized carbons (Fsp3) is 0.250. The highest BCUT2D eigenvalue weighted by atomic mass is 16.3. The third-order valence-electron chi connectivity index (χ3n) is 2.35. The first-order valence-corrected chi connectivity index (χ1v) is 5.07. The first-order valence-electron chi connectivity index (χ1n) is 5.07. The summed E-state index contributed by atoms with van der Waals surface area (Å²) in [6, 6.07) is 3.70. The molecule has 0 aliphatic heterocycles. The minimum Gasteiger partial charge on any atom is -0.508 e. The largest absolute Gasteiger partial charge is 0.508 e. The molecule has 0 heterocycles. The molecular weight excluding hydrogens is 222 g/mol. The van der Waals surface area contributed by atoms with Gasteiger partial charge in [-0.2, -0.15) is 0 Å². The second-order valence-electron chi connectivity index (χ2n) is 3.64. The van der Waals surface area contributed by atoms with E-state index in [2.05, 4.69) is 6.58 Å². The van der Waals surface area contributed by atoms with Gasteiger partial charge < -0.3 is 15.3 Å². The van der Waals surface area contributed by atoms with Gasteiger partial charge in [0.05, 0.1) is 11.6 Å². The number of phenols is 2. The SMILES string of the molecule is C=CC(C)C(=O)N(CO)c1cc(O)cc(O)c1. The lowest BCUT2D eigenvalue weighted by Crippen LogP contribution is -2.35. The third-order valence-corrected chi connectivity index (χ3v) is 2.35. The molecule has 5 heteroatoms. The highest BCUT2D eigenvalue weighted by Crippen LogP contribution is 2.27. The zero-order valence-electron chi connectivity index (χ0n) is 9.50. The fourth-order valence-corrected chi connectivity index (χ4v) is 1.36. The summed E-state index contributed by atoms with van der Waals surface area (Å²) >= 11 is 0. The van der Waals surface area contributed by atoms with Gasteiger partial charge in [0.1, 0.15) is 18.2 Å². The van der Waals surface area contributed by atoms with E-state index in [0.717, 1.165) is 11.0 Å². The van der Waals surface area contributed by atoms with E-state index in [-0.39, 0.29) is 23.1 Å². The second-order valence-corrected chi connectivity index (χ2v) is 3.64. The average molecular weight is 237 g/mol. The minimum absolute atomic E-state index is 0.183. The van der Waals surface area contributed by atoms with Crippen LogP contribution in [0.5, 0.6) is 11.5 Å². The summed E-state index contributed by atoms with van der Waals surface area (Å²) in [5.41, 5.74) is 0.226. The molecule has 1 atom stereocenters. The molecule has 17 heavy (non-hydrogen) atoms. The molecule has 3 N–H and O–H groups in total. The smallest absolute Gasteiger partial charge is 0.235 e. The molecule has 0 saturated carbocycles. The predicted octanol–water partition coefficient (Wildman–Crippen LogP) is 1.20. The number of carbonyl (C=O) groups is 1. The molecular formula is C12H15NO4. The van der Waals surface area contributed by atoms with Crippen molar-refractivity contribution in [2.45, 2.75) is 6.92 Å². The number of hydrogen-bond acceptors (Lipinski definition) is 4. The Balaban J connectivity index is 3.09. The first kappa shape index (κ1) is 13.1. The summed E-state index contributed by atoms with van der Waals surface area (Å²) < 4.78 is 0. The zero-order valence-corrected chi connectivity index (χ0v) is 9.50. The summed E-state index contributed by atoms with van der Waals surface area (Å²) in [6.45, 7) is 4.60. The molecule has 0 aliphatic carbocycles. The van der Waals surface area contributed by atoms with Crippen LogP contribution in [0.2, 0.25) is 0 Å². The van der Waals surface area contributed by atoms with Crippen LogP contribution in [0.25, 0.3) is 0 Å². The summed E-state index contributed by atoms with van der Waals surface area (Å²) in [4.78, 5) is 12.9. The number of carbonyl (C=O) groups excluding carboxylic acids is 1. The van der Waals surface area contributed by atoms with Gasteiger partial charge in [0.15, 0.2) is 0 Å². The van der Waals surface area contributed by atoms with E-state index >= 15 is 0 Å². The number of aliphatic hydroxyl groups excluding tert-OH is 1. The first-order chi connectivity index (χ1) is 7.99. The van der Waals surface area contributed by atoms with Gasteiger partial charge in [-0.25, -0.2) is 0 Å². The van der Waals surface area contributed by atoms with Crippen molar-refractivity contribution in [2.24, 2.45) is 5.92 Å². The van der Waals surface area contributed by atoms with Crippen LogP contribution in [0.1, 0.15) is 6.92 Å². The molecule has 1 amide bonds. The third kappa shape index (κ3) is 2.98. The topological polar surface area (TPSA) is 81.0 Å². The van der Waals surface area contributed by atoms with Gasteiger partial charge in [0.2, 0.25) is 5.91 Å². The van der Waals surface area contributed by atoms with E-state index < -0.39 is 12.6 Å². The summed E-state index contributed by atoms with van der Waals surface area (Å²) in [6.07, 6.45) is 1.45. The Bertz CT molecular complexity index is 410. The van der Waals surface area contributed by atoms with Gasteiger partial charge >= 0.3 is 0 Å². The van der Waals surface area contributed by atoms with Crippen LogP contribution >= 0.6 is 0 Å². The minimum atomic E-state index is -0.542. The molecule has 1 unspecified atom stereocenters. The predicted molar refractivity (Wildman–Crippen MR) is 63.7 cm³/mol. The molecule has 0 fully saturated rings. The van der Waals surface area contributed by atoms with Crippen molar-refractivity contribution in [3.05, 3.63) is 30.9 Å². The number of phenolic OH excluding ortho intramolecular Hbond substituents is 2. The highest BCUT2D eigenvalue weighted by molar-refractivity contribution is 5.95. The number of benzene rings is 1. The highest BCUT2D eigenvalue weighted by Gasteiger charge is 2.19. The van der Waals surface area contributed by atoms with Crippen LogP contribution in [0.4, 0.5) is 5.69 Å². The van der Waals surface area contributed by atoms with E-state index in [1.54, 1.807) is 6.92 Å². The normalized spacial score (nSPS) is 11.9. The van der Waals surface area contributed by atoms with E-state index in [0.29, 0.717) is 0 Å². The van der Waals surface area contributed by atoms with Gasteiger partial charge in [0, 0.05) is 18.2 Å². The zero-order chi connectivity index (χ0) is 13.0. The molecule has 1 rings (SSSR count). The summed E-state index contributed by atoms with van der Waals surface area (Å²) in [5, 5.41) is 27.8. The quantitative estimate of drug-likeness (QED) is 0.543. The lowest BCUT2D eigenvalue weighted by molar-refractivity contribution is -0.121. The Morgan fingerprint density at radius 2 is 1.94 bits per heavy atom. The van der Waals surface area contributed by atoms with Crippen molar-refractivity contribution in [3.8, 4) is 11.5 Å². The van der Waals surface area contributed by atoms with Gasteiger partial charge in [-0.1, -0.05) is 13.0 Å². The average Bonchev–Trinajstić information content (AvgIpc) is 2.27. The van der Waals surface area contributed by atoms with E-state index in [4.69, 9.17) is 0 Å². The molecule has 0 aromatic heterocycles. The lowest BCUT2D eigenvalue weighted by Gasteiger charge is -2.22. The van der Waals surface area contributed by atoms with Gasteiger partial charge in [-0.05, 0) is 0 Å². The van der Waals surface area contributed by atoms with E-state index in [9.17, 15) is 20.1 Å². The number of anilines is 1. The Morgan fingerprint density at radius 3 is 2.35 bits per heavy atom. The second kappa shape index (κ2) is 5.36. The van der Waals surface area contributed by atoms with Gasteiger partial charge in [-0.3, -0.25) is 9.69 Å². The molecule has 0 bridgehead atoms. The van der Waals surface area contributed by atoms with Crippen LogP contribution in [-0.4, -0.2) is 28.0 Å². The van der Waals surface area contributed by atoms with Crippen molar-refractivity contribution in [1.82, 2.24) is 0 Å². The number of nitrogens with zero attached hydrogens (tertiary/aromatic N) is 1. The standard InChI is InChI=1S/C12H15NO4/c1-3-8(2)12(17)13(7-14)9-4-10(15)6-11(16)5-9/h3-6,8,14-16H,1,7H2,2H3. The number of rotatable bonds is 4. The van der Waals surface area contributed by atoms with Gasteiger partial charge in [0.25, 0.3) is 0 Å². The number of aromatic hydroxyl groups is 2. The van der Waals surface area contributed by atoms with Crippen LogP contribution in [-0.2, 0) is 4.79 Å². The molecule has 0 aliphatic rings. The molecule has 92 valence electrons. The summed E-state index contributed by atoms with van der Waals surface area (Å²) in [5.74, 6) is -1.20. The monoisotopic (exact) mass is 237 g/mol. The van der Waals surface area contributed by atoms with Gasteiger partial charge in [-0.15, -0.1) is 6.58 Å². The Kier molecular flexibility index (Phi) is 4.12. The Morgan fingerprint density at radius 1 is 1.41 bits per heavy atom. The molecule has 5 nitrogen and oxygen atoms in total. The van der Waals surface area contributed by atoms with Crippen LogP contribution < -0.4 is 4.90 Å². The van der Waals surface area contributed by atoms with E-state index in [1.165, 1.54) is 18.2 Å². The van der Waals surface area contributed by atoms with E-state index in [1.807, 2.05) is 0 Å². The fourth-order valence-electron chi connectivity index (χ4n) is 1.36. The van der Waals surface area contributed by atoms with Crippen LogP contribution in [0, 0.1) is 5.92 Å². The molecule has 0 radical (unpaired) electrons. The number of hydrogen-bond donors (Lipinski definition) is 3. The summed E-state index contributed by atoms with van der Waals surface area (Å²) in [7, 11) is 0. The lowest BCUT2D eigenvalue weighted by atomic mass is 10.1. The van der Waals surface area contributed by atoms with Crippen molar-refractivity contribution >= 4 is 11.6 Å². The Hall–Kier alpha value is -2.01. The van der Waals surface area contributed by atoms with Crippen molar-refractivity contribution < 1.29 is 20.1 Å². The van der Waals surface area contributed by atoms with Crippen LogP contribution in [0.3, 0.4) is 0 Å². The van der Waals surface area contributed by atoms with Crippen molar-refractivity contribution in [2.75, 3.05) is 11.6 Å². The van der Waals surface area contributed by atoms with Crippen LogP contribution in [0.15, 0.2) is 30.9 Å². The number of amides is 1. The van der Waals surface area contributed by atoms with Crippen molar-refractivity contribution in [3.63, 3.8) is 0 Å². The maximum atomic E-state index is 11.9. The Labute approximate surface area is 99.2 Å². The maximum Gasteiger partial charge on any atom is 0.235 e. The molecule has 1 aromatic rings.